The molecule has 0 heterocycles. The minimum absolute atomic E-state index is 0.459. The first kappa shape index (κ1) is 37.4. The summed E-state index contributed by atoms with van der Waals surface area (Å²) < 4.78 is 0. The second-order valence-electron chi connectivity index (χ2n) is 16.5. The predicted octanol–water partition coefficient (Wildman–Crippen LogP) is 14.1. The van der Waals surface area contributed by atoms with Gasteiger partial charge in [0.25, 0.3) is 0 Å². The van der Waals surface area contributed by atoms with Gasteiger partial charge in [-0.1, -0.05) is 102 Å². The molecule has 0 aliphatic carbocycles. The van der Waals surface area contributed by atoms with Crippen molar-refractivity contribution < 1.29 is 0 Å². The Bertz CT molecular complexity index is 2050. The van der Waals surface area contributed by atoms with E-state index in [2.05, 4.69) is 182 Å². The third-order valence-electron chi connectivity index (χ3n) is 12.1. The van der Waals surface area contributed by atoms with Gasteiger partial charge in [0.2, 0.25) is 0 Å². The third-order valence-corrected chi connectivity index (χ3v) is 23.3. The number of aryl methyl sites for hydroxylation is 4. The minimum Gasteiger partial charge on any atom is -0.120 e. The molecule has 0 aliphatic heterocycles. The van der Waals surface area contributed by atoms with E-state index < -0.39 is 16.1 Å². The Balaban J connectivity index is 2.10. The lowest BCUT2D eigenvalue weighted by molar-refractivity contribution is 0.920. The molecule has 0 saturated carbocycles. The summed E-state index contributed by atoms with van der Waals surface area (Å²) in [6.45, 7) is 41.2. The fraction of sp³-hybridized carbons (Fsp3) is 0.375. The molecule has 0 N–H and O–H groups in total. The third kappa shape index (κ3) is 6.10. The molecule has 0 spiro atoms. The molecule has 0 fully saturated rings. The number of rotatable bonds is 6. The lowest BCUT2D eigenvalue weighted by Gasteiger charge is -2.35. The summed E-state index contributed by atoms with van der Waals surface area (Å²) in [5.74, 6) is 7.90. The zero-order valence-electron chi connectivity index (χ0n) is 33.3. The number of allylic oxidation sites excluding steroid dienone is 2. The Morgan fingerprint density at radius 2 is 0.660 bits per heavy atom. The number of benzene rings is 5. The van der Waals surface area contributed by atoms with E-state index in [9.17, 15) is 0 Å². The molecule has 0 atom stereocenters. The summed E-state index contributed by atoms with van der Waals surface area (Å²) in [6.07, 6.45) is 0. The second-order valence-corrected chi connectivity index (χ2v) is 26.8. The highest BCUT2D eigenvalue weighted by Crippen LogP contribution is 2.41. The van der Waals surface area contributed by atoms with Crippen molar-refractivity contribution in [2.45, 2.75) is 119 Å². The number of hydrogen-bond donors (Lipinski definition) is 0. The molecule has 5 rings (SSSR count). The highest BCUT2D eigenvalue weighted by atomic mass is 28.3. The summed E-state index contributed by atoms with van der Waals surface area (Å²) in [7, 11) is -4.41. The van der Waals surface area contributed by atoms with E-state index >= 15 is 0 Å². The van der Waals surface area contributed by atoms with Crippen LogP contribution in [0.3, 0.4) is 0 Å². The Labute approximate surface area is 305 Å². The van der Waals surface area contributed by atoms with E-state index in [0.29, 0.717) is 22.2 Å². The van der Waals surface area contributed by atoms with E-state index in [1.807, 2.05) is 0 Å². The minimum atomic E-state index is -2.20. The summed E-state index contributed by atoms with van der Waals surface area (Å²) in [4.78, 5) is 0. The van der Waals surface area contributed by atoms with E-state index in [1.165, 1.54) is 75.7 Å². The average Bonchev–Trinajstić information content (AvgIpc) is 3.01. The normalized spacial score (nSPS) is 12.4. The SMILES string of the molecule is C=C(C)[Si](C#Cc1c2cc3cc(C)c(C)cc3cc2c(C#C[Si](C(=C)C)(C(C)C)C(C)C)c2cc3cc(C)c(C)cc3cc12)(C(C)C)C(C)C. The van der Waals surface area contributed by atoms with Gasteiger partial charge in [0, 0.05) is 11.1 Å². The standard InChI is InChI=1S/C48H58Si2/c1-29(2)49(30(3)4,31(5)6)19-17-43-45-25-39-21-35(13)37(15)23-41(39)27-47(45)44(18-20-50(32(7)8,33(9)10)34(11)12)48-28-42-24-38(16)36(14)22-40(42)26-46(43)48/h21-28,30-31,33-34H,1,7H2,2-6,8-16H3. The second kappa shape index (κ2) is 13.7. The zero-order valence-corrected chi connectivity index (χ0v) is 35.3. The van der Waals surface area contributed by atoms with Gasteiger partial charge >= 0.3 is 0 Å². The molecule has 50 heavy (non-hydrogen) atoms. The maximum atomic E-state index is 4.57. The molecular weight excluding hydrogens is 633 g/mol. The van der Waals surface area contributed by atoms with Gasteiger partial charge < -0.3 is 0 Å². The first-order valence-electron chi connectivity index (χ1n) is 18.6. The predicted molar refractivity (Wildman–Crippen MR) is 231 cm³/mol. The molecule has 5 aromatic rings. The van der Waals surface area contributed by atoms with Gasteiger partial charge in [0.1, 0.15) is 0 Å². The zero-order chi connectivity index (χ0) is 37.0. The van der Waals surface area contributed by atoms with Crippen LogP contribution in [0.1, 0.15) is 103 Å². The smallest absolute Gasteiger partial charge is 0.120 e. The van der Waals surface area contributed by atoms with E-state index in [-0.39, 0.29) is 0 Å². The van der Waals surface area contributed by atoms with Crippen LogP contribution in [0.15, 0.2) is 72.1 Å². The van der Waals surface area contributed by atoms with Gasteiger partial charge in [-0.2, -0.15) is 0 Å². The van der Waals surface area contributed by atoms with Crippen LogP contribution in [-0.2, 0) is 0 Å². The summed E-state index contributed by atoms with van der Waals surface area (Å²) >= 11 is 0. The first-order valence-corrected chi connectivity index (χ1v) is 22.9. The molecule has 0 saturated heterocycles. The number of fused-ring (bicyclic) bond motifs is 4. The Morgan fingerprint density at radius 1 is 0.440 bits per heavy atom. The molecule has 2 heteroatoms. The van der Waals surface area contributed by atoms with Crippen LogP contribution in [0.2, 0.25) is 22.2 Å². The van der Waals surface area contributed by atoms with Crippen LogP contribution in [0, 0.1) is 50.6 Å². The largest absolute Gasteiger partial charge is 0.169 e. The van der Waals surface area contributed by atoms with Crippen molar-refractivity contribution in [3.05, 3.63) is 105 Å². The van der Waals surface area contributed by atoms with Gasteiger partial charge in [-0.3, -0.25) is 0 Å². The van der Waals surface area contributed by atoms with Gasteiger partial charge in [-0.05, 0) is 153 Å². The van der Waals surface area contributed by atoms with Crippen LogP contribution in [-0.4, -0.2) is 16.1 Å². The maximum absolute atomic E-state index is 4.57. The molecule has 0 unspecified atom stereocenters. The van der Waals surface area contributed by atoms with Crippen LogP contribution in [0.5, 0.6) is 0 Å². The lowest BCUT2D eigenvalue weighted by Crippen LogP contribution is -2.41. The Kier molecular flexibility index (Phi) is 10.3. The highest BCUT2D eigenvalue weighted by molar-refractivity contribution is 6.95. The van der Waals surface area contributed by atoms with Crippen molar-refractivity contribution in [1.29, 1.82) is 0 Å². The fourth-order valence-electron chi connectivity index (χ4n) is 8.97. The molecule has 0 amide bonds. The first-order chi connectivity index (χ1) is 23.4. The van der Waals surface area contributed by atoms with Crippen molar-refractivity contribution in [2.75, 3.05) is 0 Å². The monoisotopic (exact) mass is 690 g/mol. The van der Waals surface area contributed by atoms with Crippen molar-refractivity contribution in [2.24, 2.45) is 0 Å². The van der Waals surface area contributed by atoms with Crippen LogP contribution < -0.4 is 0 Å². The summed E-state index contributed by atoms with van der Waals surface area (Å²) in [5.41, 5.74) is 17.4. The van der Waals surface area contributed by atoms with Crippen molar-refractivity contribution in [3.63, 3.8) is 0 Å². The van der Waals surface area contributed by atoms with Gasteiger partial charge in [-0.25, -0.2) is 0 Å². The van der Waals surface area contributed by atoms with Crippen molar-refractivity contribution in [3.8, 4) is 22.9 Å². The maximum Gasteiger partial charge on any atom is 0.169 e. The van der Waals surface area contributed by atoms with Crippen molar-refractivity contribution in [1.82, 2.24) is 0 Å². The molecule has 258 valence electrons. The van der Waals surface area contributed by atoms with E-state index in [0.717, 1.165) is 11.1 Å². The van der Waals surface area contributed by atoms with Crippen LogP contribution in [0.25, 0.3) is 43.1 Å². The molecule has 0 nitrogen and oxygen atoms in total. The van der Waals surface area contributed by atoms with E-state index in [4.69, 9.17) is 0 Å². The molecule has 0 aromatic heterocycles. The van der Waals surface area contributed by atoms with Crippen LogP contribution >= 0.6 is 0 Å². The average molecular weight is 691 g/mol. The Hall–Kier alpha value is -3.83. The summed E-state index contributed by atoms with van der Waals surface area (Å²) in [6, 6.07) is 19.0. The Morgan fingerprint density at radius 3 is 0.840 bits per heavy atom. The topological polar surface area (TPSA) is 0 Å². The molecule has 0 bridgehead atoms. The summed E-state index contributed by atoms with van der Waals surface area (Å²) in [5, 5.41) is 12.3. The molecule has 0 radical (unpaired) electrons. The van der Waals surface area contributed by atoms with Gasteiger partial charge in [0.05, 0.1) is 0 Å². The molecule has 5 aromatic carbocycles. The van der Waals surface area contributed by atoms with Gasteiger partial charge in [-0.15, -0.1) is 24.2 Å². The lowest BCUT2D eigenvalue weighted by atomic mass is 9.88. The van der Waals surface area contributed by atoms with Crippen molar-refractivity contribution >= 4 is 59.2 Å². The molecule has 0 aliphatic rings. The molecular formula is C48H58Si2. The van der Waals surface area contributed by atoms with E-state index in [1.54, 1.807) is 0 Å². The fourth-order valence-corrected chi connectivity index (χ4v) is 17.8. The van der Waals surface area contributed by atoms with Crippen LogP contribution in [0.4, 0.5) is 0 Å². The van der Waals surface area contributed by atoms with Gasteiger partial charge in [0.15, 0.2) is 16.1 Å². The quantitative estimate of drug-likeness (QED) is 0.0945. The highest BCUT2D eigenvalue weighted by Gasteiger charge is 2.41. The number of hydrogen-bond acceptors (Lipinski definition) is 0.